The van der Waals surface area contributed by atoms with E-state index in [4.69, 9.17) is 9.47 Å². The molecule has 0 N–H and O–H groups in total. The Morgan fingerprint density at radius 2 is 1.81 bits per heavy atom. The molecule has 0 atom stereocenters. The Hall–Kier alpha value is -3.69. The second-order valence-corrected chi connectivity index (χ2v) is 6.62. The Morgan fingerprint density at radius 1 is 1.03 bits per heavy atom. The van der Waals surface area contributed by atoms with E-state index in [1.165, 1.54) is 6.07 Å². The van der Waals surface area contributed by atoms with Gasteiger partial charge in [0.25, 0.3) is 0 Å². The van der Waals surface area contributed by atoms with Gasteiger partial charge in [-0.15, -0.1) is 5.10 Å². The van der Waals surface area contributed by atoms with Crippen LogP contribution >= 0.6 is 0 Å². The minimum Gasteiger partial charge on any atom is -0.497 e. The van der Waals surface area contributed by atoms with Crippen molar-refractivity contribution in [1.29, 1.82) is 0 Å². The molecule has 31 heavy (non-hydrogen) atoms. The molecule has 0 aliphatic heterocycles. The van der Waals surface area contributed by atoms with Crippen molar-refractivity contribution in [3.63, 3.8) is 0 Å². The number of nitrogens with zero attached hydrogens (tertiary/aromatic N) is 4. The number of fused-ring (bicyclic) bond motifs is 1. The Kier molecular flexibility index (Phi) is 5.45. The van der Waals surface area contributed by atoms with E-state index in [9.17, 15) is 17.6 Å². The second kappa shape index (κ2) is 8.21. The van der Waals surface area contributed by atoms with Crippen LogP contribution in [0.1, 0.15) is 11.4 Å². The van der Waals surface area contributed by atoms with Crippen LogP contribution in [0.3, 0.4) is 0 Å². The van der Waals surface area contributed by atoms with Gasteiger partial charge in [0.05, 0.1) is 36.8 Å². The van der Waals surface area contributed by atoms with E-state index in [0.29, 0.717) is 11.4 Å². The van der Waals surface area contributed by atoms with Gasteiger partial charge < -0.3 is 9.47 Å². The molecule has 0 amide bonds. The molecule has 0 fully saturated rings. The summed E-state index contributed by atoms with van der Waals surface area (Å²) >= 11 is 0. The number of pyridine rings is 1. The molecular formula is C21H16F4N4O2. The molecule has 2 aromatic heterocycles. The third-order valence-electron chi connectivity index (χ3n) is 4.52. The van der Waals surface area contributed by atoms with Crippen LogP contribution in [-0.4, -0.2) is 33.7 Å². The van der Waals surface area contributed by atoms with Crippen LogP contribution < -0.4 is 9.47 Å². The van der Waals surface area contributed by atoms with Gasteiger partial charge in [0.2, 0.25) is 0 Å². The van der Waals surface area contributed by atoms with Crippen molar-refractivity contribution in [3.05, 3.63) is 71.9 Å². The number of hydrogen-bond donors (Lipinski definition) is 0. The summed E-state index contributed by atoms with van der Waals surface area (Å²) in [6.45, 7) is 0.0221. The van der Waals surface area contributed by atoms with Crippen molar-refractivity contribution < 1.29 is 27.0 Å². The second-order valence-electron chi connectivity index (χ2n) is 6.62. The van der Waals surface area contributed by atoms with Crippen LogP contribution in [-0.2, 0) is 12.6 Å². The van der Waals surface area contributed by atoms with Crippen molar-refractivity contribution in [3.8, 4) is 17.2 Å². The molecule has 4 aromatic rings. The van der Waals surface area contributed by atoms with E-state index in [-0.39, 0.29) is 29.7 Å². The van der Waals surface area contributed by atoms with Crippen molar-refractivity contribution >= 4 is 10.9 Å². The Bertz CT molecular complexity index is 1210. The summed E-state index contributed by atoms with van der Waals surface area (Å²) in [5, 5.41) is 8.25. The molecule has 6 nitrogen and oxygen atoms in total. The molecule has 0 saturated carbocycles. The van der Waals surface area contributed by atoms with E-state index in [0.717, 1.165) is 23.9 Å². The molecular weight excluding hydrogens is 416 g/mol. The summed E-state index contributed by atoms with van der Waals surface area (Å²) < 4.78 is 65.3. The predicted octanol–water partition coefficient (Wildman–Crippen LogP) is 4.60. The zero-order valence-electron chi connectivity index (χ0n) is 16.2. The van der Waals surface area contributed by atoms with Gasteiger partial charge in [-0.3, -0.25) is 0 Å². The Labute approximate surface area is 174 Å². The van der Waals surface area contributed by atoms with E-state index >= 15 is 0 Å². The van der Waals surface area contributed by atoms with Gasteiger partial charge in [0.15, 0.2) is 0 Å². The molecule has 2 aromatic carbocycles. The zero-order chi connectivity index (χ0) is 22.0. The summed E-state index contributed by atoms with van der Waals surface area (Å²) in [5.41, 5.74) is 0.242. The van der Waals surface area contributed by atoms with Crippen LogP contribution in [0.25, 0.3) is 16.6 Å². The van der Waals surface area contributed by atoms with Gasteiger partial charge in [-0.2, -0.15) is 13.2 Å². The summed E-state index contributed by atoms with van der Waals surface area (Å²) in [7, 11) is 1.57. The lowest BCUT2D eigenvalue weighted by Gasteiger charge is -2.12. The highest BCUT2D eigenvalue weighted by Crippen LogP contribution is 2.34. The molecule has 0 bridgehead atoms. The number of ether oxygens (including phenoxy) is 2. The van der Waals surface area contributed by atoms with Crippen molar-refractivity contribution in [2.24, 2.45) is 0 Å². The van der Waals surface area contributed by atoms with Crippen molar-refractivity contribution in [2.75, 3.05) is 13.7 Å². The third kappa shape index (κ3) is 4.57. The van der Waals surface area contributed by atoms with Crippen molar-refractivity contribution in [2.45, 2.75) is 12.6 Å². The highest BCUT2D eigenvalue weighted by atomic mass is 19.4. The lowest BCUT2D eigenvalue weighted by atomic mass is 10.1. The van der Waals surface area contributed by atoms with Gasteiger partial charge in [-0.05, 0) is 42.5 Å². The zero-order valence-corrected chi connectivity index (χ0v) is 16.2. The predicted molar refractivity (Wildman–Crippen MR) is 104 cm³/mol. The lowest BCUT2D eigenvalue weighted by molar-refractivity contribution is -0.141. The van der Waals surface area contributed by atoms with Crippen LogP contribution in [0.15, 0.2) is 54.7 Å². The molecule has 0 unspecified atom stereocenters. The Balaban J connectivity index is 1.50. The topological polar surface area (TPSA) is 62.1 Å². The fourth-order valence-corrected chi connectivity index (χ4v) is 2.97. The molecule has 2 heterocycles. The number of rotatable bonds is 6. The molecule has 0 aliphatic carbocycles. The largest absolute Gasteiger partial charge is 0.497 e. The van der Waals surface area contributed by atoms with Crippen LogP contribution in [0.5, 0.6) is 11.5 Å². The minimum absolute atomic E-state index is 0.00308. The van der Waals surface area contributed by atoms with Gasteiger partial charge >= 0.3 is 6.18 Å². The lowest BCUT2D eigenvalue weighted by Crippen LogP contribution is -2.10. The summed E-state index contributed by atoms with van der Waals surface area (Å²) in [4.78, 5) is 3.56. The molecule has 0 aliphatic rings. The summed E-state index contributed by atoms with van der Waals surface area (Å²) in [5.74, 6) is 0.0115. The van der Waals surface area contributed by atoms with E-state index < -0.39 is 17.7 Å². The normalized spacial score (nSPS) is 11.6. The average Bonchev–Trinajstić information content (AvgIpc) is 3.22. The molecule has 0 spiro atoms. The highest BCUT2D eigenvalue weighted by Gasteiger charge is 2.33. The highest BCUT2D eigenvalue weighted by molar-refractivity contribution is 5.85. The fraction of sp³-hybridized carbons (Fsp3) is 0.190. The third-order valence-corrected chi connectivity index (χ3v) is 4.52. The quantitative estimate of drug-likeness (QED) is 0.417. The molecule has 160 valence electrons. The smallest absolute Gasteiger partial charge is 0.433 e. The van der Waals surface area contributed by atoms with Gasteiger partial charge in [0.1, 0.15) is 23.0 Å². The Morgan fingerprint density at radius 3 is 2.52 bits per heavy atom. The maximum absolute atomic E-state index is 13.6. The standard InChI is InChI=1S/C21H16F4N4O2/c1-30-16-5-3-15(4-6-16)29-12-14(27-28-29)8-9-31-19-11-20(21(23,24)25)26-18-7-2-13(22)10-17(18)19/h2-7,10-12H,8-9H2,1H3. The van der Waals surface area contributed by atoms with Crippen LogP contribution in [0.2, 0.25) is 0 Å². The molecule has 10 heteroatoms. The van der Waals surface area contributed by atoms with Crippen LogP contribution in [0.4, 0.5) is 17.6 Å². The molecule has 4 rings (SSSR count). The van der Waals surface area contributed by atoms with Gasteiger partial charge in [-0.25, -0.2) is 14.1 Å². The van der Waals surface area contributed by atoms with Gasteiger partial charge in [0, 0.05) is 17.9 Å². The SMILES string of the molecule is COc1ccc(-n2cc(CCOc3cc(C(F)(F)F)nc4ccc(F)cc34)nn2)cc1. The van der Waals surface area contributed by atoms with E-state index in [1.807, 2.05) is 12.1 Å². The number of halogens is 4. The maximum Gasteiger partial charge on any atom is 0.433 e. The van der Waals surface area contributed by atoms with Gasteiger partial charge in [-0.1, -0.05) is 5.21 Å². The first kappa shape index (κ1) is 20.6. The first-order chi connectivity index (χ1) is 14.8. The van der Waals surface area contributed by atoms with E-state index in [2.05, 4.69) is 15.3 Å². The molecule has 0 saturated heterocycles. The first-order valence-electron chi connectivity index (χ1n) is 9.19. The average molecular weight is 432 g/mol. The maximum atomic E-state index is 13.6. The summed E-state index contributed by atoms with van der Waals surface area (Å²) in [6.07, 6.45) is -2.67. The number of methoxy groups -OCH3 is 1. The first-order valence-corrected chi connectivity index (χ1v) is 9.19. The van der Waals surface area contributed by atoms with E-state index in [1.54, 1.807) is 30.1 Å². The van der Waals surface area contributed by atoms with Crippen LogP contribution in [0, 0.1) is 5.82 Å². The number of aromatic nitrogens is 4. The summed E-state index contributed by atoms with van der Waals surface area (Å²) in [6, 6.07) is 11.3. The number of benzene rings is 2. The monoisotopic (exact) mass is 432 g/mol. The van der Waals surface area contributed by atoms with Crippen molar-refractivity contribution in [1.82, 2.24) is 20.0 Å². The minimum atomic E-state index is -4.65. The fourth-order valence-electron chi connectivity index (χ4n) is 2.97. The number of hydrogen-bond acceptors (Lipinski definition) is 5. The molecule has 0 radical (unpaired) electrons. The number of alkyl halides is 3.